The van der Waals surface area contributed by atoms with Crippen molar-refractivity contribution in [2.75, 3.05) is 0 Å². The summed E-state index contributed by atoms with van der Waals surface area (Å²) in [5.74, 6) is -0.576. The highest BCUT2D eigenvalue weighted by Crippen LogP contribution is 2.24. The van der Waals surface area contributed by atoms with Crippen molar-refractivity contribution in [2.45, 2.75) is 5.33 Å². The third-order valence-electron chi connectivity index (χ3n) is 2.23. The Balaban J connectivity index is 2.71. The van der Waals surface area contributed by atoms with E-state index >= 15 is 0 Å². The molecule has 0 saturated carbocycles. The zero-order chi connectivity index (χ0) is 11.7. The Morgan fingerprint density at radius 2 is 2.19 bits per heavy atom. The molecule has 2 N–H and O–H groups in total. The molecule has 0 saturated heterocycles. The van der Waals surface area contributed by atoms with Gasteiger partial charge in [-0.25, -0.2) is 4.98 Å². The van der Waals surface area contributed by atoms with Gasteiger partial charge in [0.25, 0.3) is 5.91 Å². The van der Waals surface area contributed by atoms with Crippen LogP contribution in [0, 0.1) is 0 Å². The molecule has 0 fully saturated rings. The number of nitrogens with zero attached hydrogens (tertiary/aromatic N) is 1. The van der Waals surface area contributed by atoms with Crippen LogP contribution in [0.1, 0.15) is 16.1 Å². The van der Waals surface area contributed by atoms with Crippen LogP contribution in [-0.2, 0) is 5.33 Å². The van der Waals surface area contributed by atoms with Gasteiger partial charge in [-0.3, -0.25) is 4.79 Å². The normalized spacial score (nSPS) is 10.6. The first-order valence-electron chi connectivity index (χ1n) is 4.57. The number of carbonyl (C=O) groups is 1. The van der Waals surface area contributed by atoms with Gasteiger partial charge in [0.15, 0.2) is 0 Å². The molecule has 1 amide bonds. The van der Waals surface area contributed by atoms with Crippen molar-refractivity contribution in [1.29, 1.82) is 0 Å². The number of hydrogen-bond acceptors (Lipinski definition) is 2. The molecule has 3 nitrogen and oxygen atoms in total. The number of primary amides is 1. The Bertz CT molecular complexity index is 571. The molecule has 1 aromatic carbocycles. The minimum atomic E-state index is -0.576. The molecular weight excluding hydrogens is 291 g/mol. The van der Waals surface area contributed by atoms with Gasteiger partial charge in [-0.05, 0) is 23.8 Å². The van der Waals surface area contributed by atoms with E-state index in [9.17, 15) is 4.79 Å². The van der Waals surface area contributed by atoms with E-state index in [1.54, 1.807) is 0 Å². The smallest absolute Gasteiger partial charge is 0.267 e. The molecule has 0 aliphatic rings. The predicted molar refractivity (Wildman–Crippen MR) is 67.9 cm³/mol. The number of amides is 1. The summed E-state index contributed by atoms with van der Waals surface area (Å²) in [5.41, 5.74) is 7.12. The first-order chi connectivity index (χ1) is 7.61. The van der Waals surface area contributed by atoms with E-state index in [2.05, 4.69) is 20.9 Å². The monoisotopic (exact) mass is 298 g/mol. The fourth-order valence-corrected chi connectivity index (χ4v) is 2.04. The number of alkyl halides is 1. The van der Waals surface area contributed by atoms with Crippen LogP contribution in [-0.4, -0.2) is 10.9 Å². The van der Waals surface area contributed by atoms with Crippen LogP contribution >= 0.6 is 27.5 Å². The number of rotatable bonds is 2. The summed E-state index contributed by atoms with van der Waals surface area (Å²) in [7, 11) is 0. The molecule has 0 unspecified atom stereocenters. The molecule has 1 heterocycles. The number of halogens is 2. The zero-order valence-electron chi connectivity index (χ0n) is 8.21. The maximum Gasteiger partial charge on any atom is 0.267 e. The van der Waals surface area contributed by atoms with E-state index in [0.717, 1.165) is 16.3 Å². The largest absolute Gasteiger partial charge is 0.364 e. The number of fused-ring (bicyclic) bond motifs is 1. The van der Waals surface area contributed by atoms with Crippen LogP contribution < -0.4 is 5.73 Å². The Morgan fingerprint density at radius 3 is 2.81 bits per heavy atom. The van der Waals surface area contributed by atoms with E-state index < -0.39 is 5.91 Å². The SMILES string of the molecule is NC(=O)c1cc(Cl)c2cc(CBr)ccc2n1. The summed E-state index contributed by atoms with van der Waals surface area (Å²) in [6.07, 6.45) is 0. The van der Waals surface area contributed by atoms with Crippen LogP contribution in [0.4, 0.5) is 0 Å². The standard InChI is InChI=1S/C11H8BrClN2O/c12-5-6-1-2-9-7(3-6)8(13)4-10(15-9)11(14)16/h1-4H,5H2,(H2,14,16). The van der Waals surface area contributed by atoms with Crippen molar-refractivity contribution in [3.8, 4) is 0 Å². The first-order valence-corrected chi connectivity index (χ1v) is 6.06. The molecule has 5 heteroatoms. The molecule has 0 spiro atoms. The van der Waals surface area contributed by atoms with Crippen molar-refractivity contribution in [1.82, 2.24) is 4.98 Å². The van der Waals surface area contributed by atoms with E-state index in [-0.39, 0.29) is 5.69 Å². The van der Waals surface area contributed by atoms with E-state index in [1.807, 2.05) is 18.2 Å². The third-order valence-corrected chi connectivity index (χ3v) is 3.19. The number of pyridine rings is 1. The molecule has 0 aliphatic carbocycles. The van der Waals surface area contributed by atoms with E-state index in [4.69, 9.17) is 17.3 Å². The number of benzene rings is 1. The van der Waals surface area contributed by atoms with Crippen molar-refractivity contribution in [2.24, 2.45) is 5.73 Å². The van der Waals surface area contributed by atoms with Gasteiger partial charge in [0.05, 0.1) is 10.5 Å². The summed E-state index contributed by atoms with van der Waals surface area (Å²) in [6, 6.07) is 7.17. The molecule has 0 aliphatic heterocycles. The molecule has 0 atom stereocenters. The average Bonchev–Trinajstić information content (AvgIpc) is 2.28. The summed E-state index contributed by atoms with van der Waals surface area (Å²) in [4.78, 5) is 15.2. The Labute approximate surface area is 106 Å². The number of carbonyl (C=O) groups excluding carboxylic acids is 1. The average molecular weight is 300 g/mol. The van der Waals surface area contributed by atoms with Crippen molar-refractivity contribution in [3.63, 3.8) is 0 Å². The lowest BCUT2D eigenvalue weighted by Gasteiger charge is -2.04. The highest BCUT2D eigenvalue weighted by molar-refractivity contribution is 9.08. The maximum absolute atomic E-state index is 11.0. The van der Waals surface area contributed by atoms with Crippen LogP contribution in [0.2, 0.25) is 5.02 Å². The van der Waals surface area contributed by atoms with Gasteiger partial charge in [-0.2, -0.15) is 0 Å². The maximum atomic E-state index is 11.0. The van der Waals surface area contributed by atoms with Gasteiger partial charge in [0.2, 0.25) is 0 Å². The molecule has 16 heavy (non-hydrogen) atoms. The van der Waals surface area contributed by atoms with Crippen LogP contribution in [0.25, 0.3) is 10.9 Å². The van der Waals surface area contributed by atoms with Gasteiger partial charge in [-0.15, -0.1) is 0 Å². The second-order valence-electron chi connectivity index (χ2n) is 3.34. The Kier molecular flexibility index (Phi) is 3.12. The molecule has 0 bridgehead atoms. The highest BCUT2D eigenvalue weighted by atomic mass is 79.9. The highest BCUT2D eigenvalue weighted by Gasteiger charge is 2.08. The number of hydrogen-bond donors (Lipinski definition) is 1. The summed E-state index contributed by atoms with van der Waals surface area (Å²) >= 11 is 9.44. The summed E-state index contributed by atoms with van der Waals surface area (Å²) in [5, 5.41) is 2.06. The van der Waals surface area contributed by atoms with Gasteiger partial charge < -0.3 is 5.73 Å². The van der Waals surface area contributed by atoms with Gasteiger partial charge in [0, 0.05) is 10.7 Å². The van der Waals surface area contributed by atoms with Gasteiger partial charge >= 0.3 is 0 Å². The third kappa shape index (κ3) is 2.03. The molecule has 0 radical (unpaired) electrons. The minimum absolute atomic E-state index is 0.184. The van der Waals surface area contributed by atoms with E-state index in [1.165, 1.54) is 6.07 Å². The summed E-state index contributed by atoms with van der Waals surface area (Å²) in [6.45, 7) is 0. The first kappa shape index (κ1) is 11.4. The summed E-state index contributed by atoms with van der Waals surface area (Å²) < 4.78 is 0. The molecular formula is C11H8BrClN2O. The zero-order valence-corrected chi connectivity index (χ0v) is 10.5. The second-order valence-corrected chi connectivity index (χ2v) is 4.31. The van der Waals surface area contributed by atoms with E-state index in [0.29, 0.717) is 10.5 Å². The Hall–Kier alpha value is -1.13. The minimum Gasteiger partial charge on any atom is -0.364 e. The second kappa shape index (κ2) is 4.39. The van der Waals surface area contributed by atoms with Crippen LogP contribution in [0.3, 0.4) is 0 Å². The number of aromatic nitrogens is 1. The fraction of sp³-hybridized carbons (Fsp3) is 0.0909. The fourth-order valence-electron chi connectivity index (χ4n) is 1.44. The lowest BCUT2D eigenvalue weighted by Crippen LogP contribution is -2.13. The molecule has 1 aromatic heterocycles. The van der Waals surface area contributed by atoms with Gasteiger partial charge in [0.1, 0.15) is 5.69 Å². The van der Waals surface area contributed by atoms with Crippen LogP contribution in [0.15, 0.2) is 24.3 Å². The lowest BCUT2D eigenvalue weighted by atomic mass is 10.1. The number of nitrogens with two attached hydrogens (primary N) is 1. The molecule has 82 valence electrons. The van der Waals surface area contributed by atoms with Crippen molar-refractivity contribution >= 4 is 44.3 Å². The quantitative estimate of drug-likeness (QED) is 0.867. The topological polar surface area (TPSA) is 56.0 Å². The van der Waals surface area contributed by atoms with Gasteiger partial charge in [-0.1, -0.05) is 33.6 Å². The van der Waals surface area contributed by atoms with Crippen LogP contribution in [0.5, 0.6) is 0 Å². The van der Waals surface area contributed by atoms with Crippen molar-refractivity contribution < 1.29 is 4.79 Å². The predicted octanol–water partition coefficient (Wildman–Crippen LogP) is 2.88. The molecule has 2 aromatic rings. The Morgan fingerprint density at radius 1 is 1.44 bits per heavy atom. The van der Waals surface area contributed by atoms with Crippen molar-refractivity contribution in [3.05, 3.63) is 40.5 Å². The lowest BCUT2D eigenvalue weighted by molar-refractivity contribution is 0.0996. The molecule has 2 rings (SSSR count).